The molecule has 7 nitrogen and oxygen atoms in total. The molecular weight excluding hydrogens is 506 g/mol. The molecule has 3 aromatic heterocycles. The molecule has 0 fully saturated rings. The number of para-hydroxylation sites is 4. The lowest BCUT2D eigenvalue weighted by Crippen LogP contribution is -2.29. The standard InChI is InChI=1S/C34H39N7/c1-5-14-24-29(39(21-6-2)32-31(24)35-25-15-9-10-16-26(25)36-32)19-13-20-30-40(22-7-3)33-34(41(30)23-8-4)38-28-18-12-11-17-27(28)37-33/h9-13,15-20H,5-8,14,21-23H2,1-4H3/b19-13+. The molecule has 0 amide bonds. The number of rotatable bonds is 10. The normalized spacial score (nSPS) is 13.4. The number of aryl methyl sites for hydroxylation is 2. The molecule has 2 aromatic carbocycles. The van der Waals surface area contributed by atoms with Gasteiger partial charge in [0, 0.05) is 30.9 Å². The van der Waals surface area contributed by atoms with Gasteiger partial charge in [0.1, 0.15) is 11.3 Å². The number of fused-ring (bicyclic) bond motifs is 4. The van der Waals surface area contributed by atoms with E-state index in [1.807, 2.05) is 36.4 Å². The molecule has 0 bridgehead atoms. The summed E-state index contributed by atoms with van der Waals surface area (Å²) >= 11 is 0. The lowest BCUT2D eigenvalue weighted by atomic mass is 10.1. The summed E-state index contributed by atoms with van der Waals surface area (Å²) in [5.74, 6) is 3.03. The summed E-state index contributed by atoms with van der Waals surface area (Å²) < 4.78 is 2.36. The number of nitrogens with zero attached hydrogens (tertiary/aromatic N) is 7. The molecule has 1 aliphatic rings. The highest BCUT2D eigenvalue weighted by atomic mass is 15.4. The maximum atomic E-state index is 5.11. The quantitative estimate of drug-likeness (QED) is 0.178. The van der Waals surface area contributed by atoms with E-state index < -0.39 is 0 Å². The molecule has 0 saturated heterocycles. The molecule has 0 aliphatic carbocycles. The van der Waals surface area contributed by atoms with Crippen molar-refractivity contribution in [3.63, 3.8) is 0 Å². The minimum Gasteiger partial charge on any atom is -0.324 e. The zero-order valence-corrected chi connectivity index (χ0v) is 24.6. The Kier molecular flexibility index (Phi) is 7.68. The van der Waals surface area contributed by atoms with Gasteiger partial charge in [-0.05, 0) is 62.1 Å². The molecule has 0 saturated carbocycles. The van der Waals surface area contributed by atoms with Gasteiger partial charge in [-0.2, -0.15) is 0 Å². The first-order valence-corrected chi connectivity index (χ1v) is 15.2. The average Bonchev–Trinajstić information content (AvgIpc) is 3.42. The van der Waals surface area contributed by atoms with Crippen LogP contribution in [0.3, 0.4) is 0 Å². The SMILES string of the molecule is CCCc1c(/C=C/C=C2N(CCC)c3nc4ccccc4nc3N2CCC)n(CCC)c2nc3ccccc3nc12. The maximum absolute atomic E-state index is 5.11. The Hall–Kier alpha value is -4.26. The first-order chi connectivity index (χ1) is 20.2. The highest BCUT2D eigenvalue weighted by Gasteiger charge is 2.33. The van der Waals surface area contributed by atoms with Gasteiger partial charge in [-0.1, -0.05) is 64.5 Å². The largest absolute Gasteiger partial charge is 0.324 e. The number of hydrogen-bond donors (Lipinski definition) is 0. The lowest BCUT2D eigenvalue weighted by molar-refractivity contribution is 0.689. The molecule has 4 heterocycles. The van der Waals surface area contributed by atoms with Crippen LogP contribution < -0.4 is 9.80 Å². The number of allylic oxidation sites excluding steroid dienone is 2. The van der Waals surface area contributed by atoms with Crippen LogP contribution in [0.25, 0.3) is 39.3 Å². The second-order valence-electron chi connectivity index (χ2n) is 10.7. The molecule has 1 aliphatic heterocycles. The molecule has 0 atom stereocenters. The fourth-order valence-electron chi connectivity index (χ4n) is 5.92. The van der Waals surface area contributed by atoms with E-state index in [9.17, 15) is 0 Å². The predicted octanol–water partition coefficient (Wildman–Crippen LogP) is 7.89. The van der Waals surface area contributed by atoms with Gasteiger partial charge in [-0.3, -0.25) is 0 Å². The Labute approximate surface area is 242 Å². The van der Waals surface area contributed by atoms with Crippen LogP contribution in [0.15, 0.2) is 66.5 Å². The molecule has 0 radical (unpaired) electrons. The van der Waals surface area contributed by atoms with E-state index in [1.165, 1.54) is 11.3 Å². The molecule has 210 valence electrons. The zero-order valence-electron chi connectivity index (χ0n) is 24.6. The Balaban J connectivity index is 1.48. The van der Waals surface area contributed by atoms with Crippen molar-refractivity contribution in [3.05, 3.63) is 77.8 Å². The molecule has 7 heteroatoms. The van der Waals surface area contributed by atoms with Gasteiger partial charge in [0.2, 0.25) is 0 Å². The summed E-state index contributed by atoms with van der Waals surface area (Å²) in [5.41, 5.74) is 8.25. The van der Waals surface area contributed by atoms with Crippen LogP contribution in [-0.2, 0) is 13.0 Å². The van der Waals surface area contributed by atoms with E-state index in [0.717, 1.165) is 102 Å². The molecule has 0 spiro atoms. The average molecular weight is 546 g/mol. The Morgan fingerprint density at radius 2 is 1.17 bits per heavy atom. The number of aromatic nitrogens is 5. The second-order valence-corrected chi connectivity index (χ2v) is 10.7. The van der Waals surface area contributed by atoms with Gasteiger partial charge in [0.05, 0.1) is 22.1 Å². The fourth-order valence-corrected chi connectivity index (χ4v) is 5.92. The van der Waals surface area contributed by atoms with Crippen molar-refractivity contribution < 1.29 is 0 Å². The van der Waals surface area contributed by atoms with Crippen molar-refractivity contribution in [1.82, 2.24) is 24.5 Å². The van der Waals surface area contributed by atoms with Gasteiger partial charge < -0.3 is 14.4 Å². The van der Waals surface area contributed by atoms with E-state index in [2.05, 4.69) is 72.4 Å². The van der Waals surface area contributed by atoms with E-state index in [4.69, 9.17) is 19.9 Å². The molecule has 6 rings (SSSR count). The van der Waals surface area contributed by atoms with E-state index in [-0.39, 0.29) is 0 Å². The first kappa shape index (κ1) is 26.9. The summed E-state index contributed by atoms with van der Waals surface area (Å²) in [7, 11) is 0. The highest BCUT2D eigenvalue weighted by molar-refractivity contribution is 5.90. The molecule has 5 aromatic rings. The molecule has 0 unspecified atom stereocenters. The van der Waals surface area contributed by atoms with Crippen LogP contribution in [0.4, 0.5) is 11.6 Å². The third-order valence-electron chi connectivity index (χ3n) is 7.63. The smallest absolute Gasteiger partial charge is 0.178 e. The van der Waals surface area contributed by atoms with Crippen LogP contribution in [-0.4, -0.2) is 37.6 Å². The topological polar surface area (TPSA) is 63.0 Å². The molecular formula is C34H39N7. The van der Waals surface area contributed by atoms with Crippen molar-refractivity contribution in [2.24, 2.45) is 0 Å². The van der Waals surface area contributed by atoms with Crippen LogP contribution in [0.2, 0.25) is 0 Å². The van der Waals surface area contributed by atoms with Crippen LogP contribution in [0.5, 0.6) is 0 Å². The van der Waals surface area contributed by atoms with E-state index >= 15 is 0 Å². The van der Waals surface area contributed by atoms with Crippen molar-refractivity contribution >= 4 is 50.9 Å². The minimum absolute atomic E-state index is 0.886. The Bertz CT molecular complexity index is 1650. The Morgan fingerprint density at radius 1 is 0.634 bits per heavy atom. The van der Waals surface area contributed by atoms with Crippen LogP contribution in [0.1, 0.15) is 64.6 Å². The van der Waals surface area contributed by atoms with Gasteiger partial charge >= 0.3 is 0 Å². The van der Waals surface area contributed by atoms with Crippen LogP contribution >= 0.6 is 0 Å². The van der Waals surface area contributed by atoms with E-state index in [1.54, 1.807) is 0 Å². The highest BCUT2D eigenvalue weighted by Crippen LogP contribution is 2.40. The summed E-state index contributed by atoms with van der Waals surface area (Å²) in [5, 5.41) is 0. The number of benzene rings is 2. The van der Waals surface area contributed by atoms with Gasteiger partial charge in [0.15, 0.2) is 17.3 Å². The van der Waals surface area contributed by atoms with Crippen LogP contribution in [0, 0.1) is 0 Å². The first-order valence-electron chi connectivity index (χ1n) is 15.2. The summed E-state index contributed by atoms with van der Waals surface area (Å²) in [6.07, 6.45) is 11.8. The second kappa shape index (κ2) is 11.7. The van der Waals surface area contributed by atoms with Gasteiger partial charge in [-0.15, -0.1) is 0 Å². The van der Waals surface area contributed by atoms with E-state index in [0.29, 0.717) is 0 Å². The van der Waals surface area contributed by atoms with Crippen molar-refractivity contribution in [3.8, 4) is 0 Å². The number of anilines is 2. The van der Waals surface area contributed by atoms with Gasteiger partial charge in [-0.25, -0.2) is 19.9 Å². The fraction of sp³-hybridized carbons (Fsp3) is 0.353. The zero-order chi connectivity index (χ0) is 28.3. The third kappa shape index (κ3) is 4.83. The Morgan fingerprint density at radius 3 is 1.71 bits per heavy atom. The monoisotopic (exact) mass is 545 g/mol. The minimum atomic E-state index is 0.886. The third-order valence-corrected chi connectivity index (χ3v) is 7.63. The summed E-state index contributed by atoms with van der Waals surface area (Å²) in [6.45, 7) is 11.6. The maximum Gasteiger partial charge on any atom is 0.178 e. The van der Waals surface area contributed by atoms with Crippen molar-refractivity contribution in [2.45, 2.75) is 66.3 Å². The molecule has 0 N–H and O–H groups in total. The van der Waals surface area contributed by atoms with Crippen molar-refractivity contribution in [1.29, 1.82) is 0 Å². The molecule has 41 heavy (non-hydrogen) atoms. The predicted molar refractivity (Wildman–Crippen MR) is 171 cm³/mol. The number of hydrogen-bond acceptors (Lipinski definition) is 6. The van der Waals surface area contributed by atoms with Crippen molar-refractivity contribution in [2.75, 3.05) is 22.9 Å². The van der Waals surface area contributed by atoms with Gasteiger partial charge in [0.25, 0.3) is 0 Å². The lowest BCUT2D eigenvalue weighted by Gasteiger charge is -2.23. The summed E-state index contributed by atoms with van der Waals surface area (Å²) in [4.78, 5) is 25.0. The summed E-state index contributed by atoms with van der Waals surface area (Å²) in [6, 6.07) is 16.3.